The van der Waals surface area contributed by atoms with E-state index in [-0.39, 0.29) is 6.61 Å². The van der Waals surface area contributed by atoms with Gasteiger partial charge in [-0.05, 0) is 6.92 Å². The van der Waals surface area contributed by atoms with Gasteiger partial charge in [0.1, 0.15) is 6.04 Å². The van der Waals surface area contributed by atoms with E-state index in [1.807, 2.05) is 0 Å². The number of esters is 1. The summed E-state index contributed by atoms with van der Waals surface area (Å²) < 4.78 is 18.7. The van der Waals surface area contributed by atoms with E-state index >= 15 is 0 Å². The Bertz CT molecular complexity index is 213. The molecular weight excluding hydrogens is 201 g/mol. The van der Waals surface area contributed by atoms with Crippen molar-refractivity contribution in [3.8, 4) is 0 Å². The van der Waals surface area contributed by atoms with Crippen LogP contribution in [0.1, 0.15) is 6.92 Å². The zero-order valence-electron chi connectivity index (χ0n) is 7.04. The Morgan fingerprint density at radius 1 is 1.62 bits per heavy atom. The molecule has 78 valence electrons. The van der Waals surface area contributed by atoms with E-state index in [0.29, 0.717) is 0 Å². The Balaban J connectivity index is 3.81. The molecule has 0 bridgehead atoms. The average molecular weight is 213 g/mol. The topological polar surface area (TPSA) is 119 Å². The second-order valence-corrected chi connectivity index (χ2v) is 3.38. The van der Waals surface area contributed by atoms with Gasteiger partial charge in [0.05, 0.1) is 13.2 Å². The molecule has 0 spiro atoms. The summed E-state index contributed by atoms with van der Waals surface area (Å²) in [5.74, 6) is -0.754. The number of ether oxygens (including phenoxy) is 1. The van der Waals surface area contributed by atoms with E-state index in [4.69, 9.17) is 15.5 Å². The van der Waals surface area contributed by atoms with Gasteiger partial charge in [0, 0.05) is 0 Å². The van der Waals surface area contributed by atoms with Crippen LogP contribution in [0.2, 0.25) is 0 Å². The van der Waals surface area contributed by atoms with Crippen LogP contribution in [0.3, 0.4) is 0 Å². The Labute approximate surface area is 75.1 Å². The summed E-state index contributed by atoms with van der Waals surface area (Å²) >= 11 is 0. The molecule has 1 atom stereocenters. The van der Waals surface area contributed by atoms with Crippen LogP contribution < -0.4 is 5.73 Å². The van der Waals surface area contributed by atoms with Gasteiger partial charge in [0.15, 0.2) is 0 Å². The van der Waals surface area contributed by atoms with Crippen molar-refractivity contribution in [3.63, 3.8) is 0 Å². The first kappa shape index (κ1) is 12.5. The van der Waals surface area contributed by atoms with Crippen LogP contribution in [-0.4, -0.2) is 35.0 Å². The fourth-order valence-corrected chi connectivity index (χ4v) is 0.850. The van der Waals surface area contributed by atoms with Crippen LogP contribution in [0.15, 0.2) is 0 Å². The number of rotatable bonds is 5. The van der Waals surface area contributed by atoms with Gasteiger partial charge >= 0.3 is 13.8 Å². The first-order valence-corrected chi connectivity index (χ1v) is 5.02. The number of nitrogens with two attached hydrogens (primary N) is 1. The smallest absolute Gasteiger partial charge is 0.465 e. The predicted octanol–water partition coefficient (Wildman–Crippen LogP) is -1.01. The molecule has 0 radical (unpaired) electrons. The molecule has 0 fully saturated rings. The lowest BCUT2D eigenvalue weighted by Crippen LogP contribution is -2.36. The normalized spacial score (nSPS) is 13.8. The molecule has 0 saturated heterocycles. The molecule has 0 heterocycles. The van der Waals surface area contributed by atoms with Gasteiger partial charge in [-0.3, -0.25) is 9.32 Å². The van der Waals surface area contributed by atoms with Gasteiger partial charge in [0.25, 0.3) is 0 Å². The van der Waals surface area contributed by atoms with E-state index in [1.165, 1.54) is 0 Å². The Kier molecular flexibility index (Phi) is 5.12. The molecule has 8 heteroatoms. The first-order valence-electron chi connectivity index (χ1n) is 3.49. The zero-order valence-corrected chi connectivity index (χ0v) is 7.94. The van der Waals surface area contributed by atoms with Crippen molar-refractivity contribution >= 4 is 13.8 Å². The summed E-state index contributed by atoms with van der Waals surface area (Å²) in [6.07, 6.45) is 0. The van der Waals surface area contributed by atoms with Crippen molar-refractivity contribution in [2.75, 3.05) is 13.2 Å². The van der Waals surface area contributed by atoms with Gasteiger partial charge in [-0.25, -0.2) is 4.57 Å². The van der Waals surface area contributed by atoms with E-state index < -0.39 is 26.4 Å². The highest BCUT2D eigenvalue weighted by molar-refractivity contribution is 7.46. The number of phosphoric ester groups is 1. The summed E-state index contributed by atoms with van der Waals surface area (Å²) in [5.41, 5.74) is 5.17. The number of hydrogen-bond donors (Lipinski definition) is 3. The van der Waals surface area contributed by atoms with Crippen molar-refractivity contribution < 1.29 is 28.4 Å². The van der Waals surface area contributed by atoms with E-state index in [1.54, 1.807) is 6.92 Å². The Morgan fingerprint density at radius 2 is 2.15 bits per heavy atom. The van der Waals surface area contributed by atoms with Crippen molar-refractivity contribution in [1.82, 2.24) is 0 Å². The fraction of sp³-hybridized carbons (Fsp3) is 0.800. The number of carbonyl (C=O) groups excluding carboxylic acids is 1. The molecule has 0 rings (SSSR count). The van der Waals surface area contributed by atoms with Gasteiger partial charge in [-0.2, -0.15) is 0 Å². The third-order valence-corrected chi connectivity index (χ3v) is 1.50. The quantitative estimate of drug-likeness (QED) is 0.395. The predicted molar refractivity (Wildman–Crippen MR) is 42.6 cm³/mol. The van der Waals surface area contributed by atoms with Gasteiger partial charge in [0.2, 0.25) is 0 Å². The van der Waals surface area contributed by atoms with E-state index in [9.17, 15) is 9.36 Å². The SMILES string of the molecule is CCOC(=O)[C@@H](N)COP(=O)(O)O. The van der Waals surface area contributed by atoms with Crippen molar-refractivity contribution in [1.29, 1.82) is 0 Å². The molecule has 0 saturated carbocycles. The molecule has 0 unspecified atom stereocenters. The van der Waals surface area contributed by atoms with Crippen LogP contribution in [-0.2, 0) is 18.6 Å². The fourth-order valence-electron chi connectivity index (χ4n) is 0.495. The summed E-state index contributed by atoms with van der Waals surface area (Å²) in [5, 5.41) is 0. The highest BCUT2D eigenvalue weighted by Crippen LogP contribution is 2.35. The maximum atomic E-state index is 10.8. The van der Waals surface area contributed by atoms with E-state index in [2.05, 4.69) is 9.26 Å². The third-order valence-electron chi connectivity index (χ3n) is 1.01. The Morgan fingerprint density at radius 3 is 2.54 bits per heavy atom. The summed E-state index contributed by atoms with van der Waals surface area (Å²) in [6, 6.07) is -1.17. The lowest BCUT2D eigenvalue weighted by atomic mass is 10.3. The van der Waals surface area contributed by atoms with Crippen LogP contribution >= 0.6 is 7.82 Å². The van der Waals surface area contributed by atoms with Crippen LogP contribution in [0.25, 0.3) is 0 Å². The Hall–Kier alpha value is -0.460. The molecule has 7 nitrogen and oxygen atoms in total. The lowest BCUT2D eigenvalue weighted by molar-refractivity contribution is -0.145. The van der Waals surface area contributed by atoms with E-state index in [0.717, 1.165) is 0 Å². The van der Waals surface area contributed by atoms with Gasteiger partial charge in [-0.1, -0.05) is 0 Å². The molecule has 0 aliphatic heterocycles. The monoisotopic (exact) mass is 213 g/mol. The molecule has 0 aromatic heterocycles. The second-order valence-electron chi connectivity index (χ2n) is 2.14. The van der Waals surface area contributed by atoms with Crippen LogP contribution in [0.4, 0.5) is 0 Å². The largest absolute Gasteiger partial charge is 0.469 e. The van der Waals surface area contributed by atoms with Crippen molar-refractivity contribution in [2.24, 2.45) is 5.73 Å². The minimum absolute atomic E-state index is 0.155. The summed E-state index contributed by atoms with van der Waals surface area (Å²) in [7, 11) is -4.57. The van der Waals surface area contributed by atoms with Gasteiger partial charge < -0.3 is 20.3 Å². The van der Waals surface area contributed by atoms with Crippen molar-refractivity contribution in [3.05, 3.63) is 0 Å². The zero-order chi connectivity index (χ0) is 10.5. The highest BCUT2D eigenvalue weighted by Gasteiger charge is 2.21. The van der Waals surface area contributed by atoms with Crippen LogP contribution in [0, 0.1) is 0 Å². The minimum Gasteiger partial charge on any atom is -0.465 e. The molecule has 0 aliphatic rings. The minimum atomic E-state index is -4.57. The molecule has 0 amide bonds. The molecule has 0 aliphatic carbocycles. The lowest BCUT2D eigenvalue weighted by Gasteiger charge is -2.10. The van der Waals surface area contributed by atoms with Gasteiger partial charge in [-0.15, -0.1) is 0 Å². The number of phosphoric acid groups is 1. The number of carbonyl (C=O) groups is 1. The third kappa shape index (κ3) is 6.68. The average Bonchev–Trinajstić information content (AvgIpc) is 1.99. The molecular formula is C5H12NO6P. The maximum absolute atomic E-state index is 10.8. The number of hydrogen-bond acceptors (Lipinski definition) is 5. The standard InChI is InChI=1S/C5H12NO6P/c1-2-11-5(7)4(6)3-12-13(8,9)10/h4H,2-3,6H2,1H3,(H2,8,9,10)/t4-/m0/s1. The maximum Gasteiger partial charge on any atom is 0.469 e. The van der Waals surface area contributed by atoms with Crippen molar-refractivity contribution in [2.45, 2.75) is 13.0 Å². The highest BCUT2D eigenvalue weighted by atomic mass is 31.2. The second kappa shape index (κ2) is 5.31. The molecule has 0 aromatic carbocycles. The first-order chi connectivity index (χ1) is 5.87. The summed E-state index contributed by atoms with van der Waals surface area (Å²) in [6.45, 7) is 1.18. The molecule has 0 aromatic rings. The molecule has 4 N–H and O–H groups in total. The van der Waals surface area contributed by atoms with Crippen LogP contribution in [0.5, 0.6) is 0 Å². The summed E-state index contributed by atoms with van der Waals surface area (Å²) in [4.78, 5) is 27.3. The molecule has 13 heavy (non-hydrogen) atoms.